The molecule has 0 saturated carbocycles. The van der Waals surface area contributed by atoms with E-state index in [2.05, 4.69) is 0 Å². The average Bonchev–Trinajstić information content (AvgIpc) is 2.91. The summed E-state index contributed by atoms with van der Waals surface area (Å²) < 4.78 is 0. The molecule has 0 saturated heterocycles. The number of carbonyl (C=O) groups is 4. The van der Waals surface area contributed by atoms with E-state index in [4.69, 9.17) is 0 Å². The Hall–Kier alpha value is -3.02. The first-order valence-corrected chi connectivity index (χ1v) is 8.74. The molecule has 0 unspecified atom stereocenters. The lowest BCUT2D eigenvalue weighted by molar-refractivity contribution is -0.122. The van der Waals surface area contributed by atoms with Gasteiger partial charge in [0, 0.05) is 22.3 Å². The van der Waals surface area contributed by atoms with E-state index in [-0.39, 0.29) is 23.6 Å². The van der Waals surface area contributed by atoms with Crippen molar-refractivity contribution in [1.82, 2.24) is 0 Å². The van der Waals surface area contributed by atoms with Crippen LogP contribution in [0.1, 0.15) is 44.4 Å². The lowest BCUT2D eigenvalue weighted by Gasteiger charge is -2.27. The second-order valence-corrected chi connectivity index (χ2v) is 7.22. The molecule has 0 aromatic heterocycles. The zero-order chi connectivity index (χ0) is 20.4. The Bertz CT molecular complexity index is 901. The topological polar surface area (TPSA) is 74.8 Å². The maximum atomic E-state index is 12.7. The minimum absolute atomic E-state index is 0.372. The highest BCUT2D eigenvalue weighted by atomic mass is 16.2. The number of rotatable bonds is 2. The minimum Gasteiger partial charge on any atom is -0.269 e. The summed E-state index contributed by atoms with van der Waals surface area (Å²) in [6.45, 7) is 11.9. The van der Waals surface area contributed by atoms with E-state index in [0.29, 0.717) is 39.2 Å². The molecule has 0 bridgehead atoms. The number of carbonyl (C=O) groups excluding carboxylic acids is 4. The number of benzene rings is 1. The van der Waals surface area contributed by atoms with Crippen LogP contribution < -0.4 is 9.80 Å². The van der Waals surface area contributed by atoms with Crippen LogP contribution in [0.15, 0.2) is 28.4 Å². The molecule has 3 rings (SSSR count). The third kappa shape index (κ3) is 2.40. The standard InChI is InChI=1S/C21H22N2O4/c1-9-8-10(2)17(23-20(26)13(5)14(6)21(23)27)15(7)16(9)22-18(24)11(3)12(4)19(22)25/h8H,1-7H3. The third-order valence-corrected chi connectivity index (χ3v) is 5.56. The summed E-state index contributed by atoms with van der Waals surface area (Å²) in [6, 6.07) is 1.80. The Morgan fingerprint density at radius 3 is 1.04 bits per heavy atom. The molecule has 2 heterocycles. The van der Waals surface area contributed by atoms with E-state index in [9.17, 15) is 19.2 Å². The van der Waals surface area contributed by atoms with Gasteiger partial charge in [-0.2, -0.15) is 0 Å². The number of hydrogen-bond donors (Lipinski definition) is 0. The first-order valence-electron chi connectivity index (χ1n) is 8.74. The molecule has 2 aliphatic heterocycles. The average molecular weight is 366 g/mol. The summed E-state index contributed by atoms with van der Waals surface area (Å²) in [6.07, 6.45) is 0. The van der Waals surface area contributed by atoms with E-state index in [1.165, 1.54) is 0 Å². The summed E-state index contributed by atoms with van der Waals surface area (Å²) in [4.78, 5) is 53.0. The number of anilines is 2. The van der Waals surface area contributed by atoms with E-state index in [0.717, 1.165) is 20.9 Å². The monoisotopic (exact) mass is 366 g/mol. The third-order valence-electron chi connectivity index (χ3n) is 5.56. The zero-order valence-corrected chi connectivity index (χ0v) is 16.6. The summed E-state index contributed by atoms with van der Waals surface area (Å²) in [5.41, 5.74) is 4.52. The highest BCUT2D eigenvalue weighted by Gasteiger charge is 2.40. The van der Waals surface area contributed by atoms with Gasteiger partial charge in [0.15, 0.2) is 0 Å². The molecule has 0 fully saturated rings. The SMILES string of the molecule is CC1=C(C)C(=O)N(c2c(C)cc(C)c(N3C(=O)C(C)=C(C)C3=O)c2C)C1=O. The smallest absolute Gasteiger partial charge is 0.261 e. The molecule has 0 spiro atoms. The normalized spacial score (nSPS) is 18.0. The van der Waals surface area contributed by atoms with Crippen molar-refractivity contribution in [1.29, 1.82) is 0 Å². The number of imide groups is 2. The van der Waals surface area contributed by atoms with Gasteiger partial charge in [0.2, 0.25) is 0 Å². The Morgan fingerprint density at radius 1 is 0.519 bits per heavy atom. The molecular weight excluding hydrogens is 344 g/mol. The molecule has 4 amide bonds. The van der Waals surface area contributed by atoms with Crippen LogP contribution in [0.5, 0.6) is 0 Å². The number of amides is 4. The van der Waals surface area contributed by atoms with Gasteiger partial charge in [0.25, 0.3) is 23.6 Å². The molecule has 1 aromatic carbocycles. The Balaban J connectivity index is 2.23. The molecule has 0 N–H and O–H groups in total. The van der Waals surface area contributed by atoms with Gasteiger partial charge in [0.05, 0.1) is 11.4 Å². The van der Waals surface area contributed by atoms with Crippen LogP contribution in [0, 0.1) is 20.8 Å². The van der Waals surface area contributed by atoms with Crippen LogP contribution in [-0.2, 0) is 19.2 Å². The van der Waals surface area contributed by atoms with Crippen molar-refractivity contribution < 1.29 is 19.2 Å². The van der Waals surface area contributed by atoms with Gasteiger partial charge in [-0.25, -0.2) is 9.80 Å². The number of hydrogen-bond acceptors (Lipinski definition) is 4. The fraction of sp³-hybridized carbons (Fsp3) is 0.333. The quantitative estimate of drug-likeness (QED) is 0.754. The molecule has 0 aliphatic carbocycles. The predicted octanol–water partition coefficient (Wildman–Crippen LogP) is 3.03. The largest absolute Gasteiger partial charge is 0.269 e. The summed E-state index contributed by atoms with van der Waals surface area (Å²) in [5.74, 6) is -1.49. The van der Waals surface area contributed by atoms with Gasteiger partial charge in [-0.3, -0.25) is 19.2 Å². The fourth-order valence-corrected chi connectivity index (χ4v) is 3.76. The molecule has 27 heavy (non-hydrogen) atoms. The summed E-state index contributed by atoms with van der Waals surface area (Å²) in [5, 5.41) is 0. The van der Waals surface area contributed by atoms with Gasteiger partial charge >= 0.3 is 0 Å². The molecule has 140 valence electrons. The number of aryl methyl sites for hydroxylation is 2. The molecule has 0 atom stereocenters. The zero-order valence-electron chi connectivity index (χ0n) is 16.6. The lowest BCUT2D eigenvalue weighted by Crippen LogP contribution is -2.35. The van der Waals surface area contributed by atoms with Gasteiger partial charge in [0.1, 0.15) is 0 Å². The lowest BCUT2D eigenvalue weighted by atomic mass is 9.99. The van der Waals surface area contributed by atoms with Crippen molar-refractivity contribution in [2.24, 2.45) is 0 Å². The highest BCUT2D eigenvalue weighted by Crippen LogP contribution is 2.41. The Kier molecular flexibility index (Phi) is 4.18. The molecule has 1 aromatic rings. The van der Waals surface area contributed by atoms with Crippen LogP contribution in [0.25, 0.3) is 0 Å². The van der Waals surface area contributed by atoms with Crippen LogP contribution in [-0.4, -0.2) is 23.6 Å². The summed E-state index contributed by atoms with van der Waals surface area (Å²) >= 11 is 0. The Labute approximate surface area is 158 Å². The maximum Gasteiger partial charge on any atom is 0.261 e. The van der Waals surface area contributed by atoms with Gasteiger partial charge < -0.3 is 0 Å². The van der Waals surface area contributed by atoms with Crippen LogP contribution in [0.4, 0.5) is 11.4 Å². The molecular formula is C21H22N2O4. The van der Waals surface area contributed by atoms with Crippen molar-refractivity contribution in [2.45, 2.75) is 48.5 Å². The first-order chi connectivity index (χ1) is 12.5. The van der Waals surface area contributed by atoms with Gasteiger partial charge in [-0.15, -0.1) is 0 Å². The molecule has 6 nitrogen and oxygen atoms in total. The number of nitrogens with zero attached hydrogens (tertiary/aromatic N) is 2. The summed E-state index contributed by atoms with van der Waals surface area (Å²) in [7, 11) is 0. The van der Waals surface area contributed by atoms with Crippen molar-refractivity contribution in [3.8, 4) is 0 Å². The van der Waals surface area contributed by atoms with Crippen LogP contribution in [0.2, 0.25) is 0 Å². The first kappa shape index (κ1) is 18.8. The van der Waals surface area contributed by atoms with E-state index < -0.39 is 0 Å². The second kappa shape index (κ2) is 6.01. The fourth-order valence-electron chi connectivity index (χ4n) is 3.76. The van der Waals surface area contributed by atoms with Crippen LogP contribution >= 0.6 is 0 Å². The molecule has 0 radical (unpaired) electrons. The van der Waals surface area contributed by atoms with Crippen LogP contribution in [0.3, 0.4) is 0 Å². The van der Waals surface area contributed by atoms with Gasteiger partial charge in [-0.1, -0.05) is 6.07 Å². The van der Waals surface area contributed by atoms with E-state index >= 15 is 0 Å². The predicted molar refractivity (Wildman–Crippen MR) is 102 cm³/mol. The van der Waals surface area contributed by atoms with Crippen molar-refractivity contribution in [3.63, 3.8) is 0 Å². The highest BCUT2D eigenvalue weighted by molar-refractivity contribution is 6.35. The second-order valence-electron chi connectivity index (χ2n) is 7.22. The van der Waals surface area contributed by atoms with E-state index in [1.807, 2.05) is 13.8 Å². The molecule has 2 aliphatic rings. The van der Waals surface area contributed by atoms with Crippen molar-refractivity contribution >= 4 is 35.0 Å². The minimum atomic E-state index is -0.372. The van der Waals surface area contributed by atoms with Crippen molar-refractivity contribution in [3.05, 3.63) is 45.0 Å². The Morgan fingerprint density at radius 2 is 0.778 bits per heavy atom. The van der Waals surface area contributed by atoms with Crippen molar-refractivity contribution in [2.75, 3.05) is 9.80 Å². The van der Waals surface area contributed by atoms with E-state index in [1.54, 1.807) is 40.7 Å². The van der Waals surface area contributed by atoms with Gasteiger partial charge in [-0.05, 0) is 65.2 Å². The molecule has 6 heteroatoms. The maximum absolute atomic E-state index is 12.7.